The van der Waals surface area contributed by atoms with Crippen LogP contribution >= 0.6 is 0 Å². The third-order valence-corrected chi connectivity index (χ3v) is 6.97. The lowest BCUT2D eigenvalue weighted by atomic mass is 9.97. The molecule has 1 amide bonds. The number of sulfone groups is 1. The maximum absolute atomic E-state index is 12.6. The largest absolute Gasteiger partial charge is 0.481 e. The Morgan fingerprint density at radius 1 is 1.28 bits per heavy atom. The molecule has 2 N–H and O–H groups in total. The fraction of sp³-hybridized carbons (Fsp3) is 0.556. The molecule has 1 aromatic carbocycles. The molecule has 1 atom stereocenters. The Kier molecular flexibility index (Phi) is 5.87. The van der Waals surface area contributed by atoms with Gasteiger partial charge in [0.1, 0.15) is 4.75 Å². The predicted octanol–water partition coefficient (Wildman–Crippen LogP) is 1.71. The lowest BCUT2D eigenvalue weighted by Gasteiger charge is -2.26. The van der Waals surface area contributed by atoms with Crippen LogP contribution in [0.3, 0.4) is 0 Å². The molecule has 1 aliphatic rings. The second-order valence-electron chi connectivity index (χ2n) is 6.91. The molecule has 6 nitrogen and oxygen atoms in total. The highest BCUT2D eigenvalue weighted by Crippen LogP contribution is 2.36. The molecule has 0 spiro atoms. The molecule has 1 aliphatic carbocycles. The summed E-state index contributed by atoms with van der Waals surface area (Å²) in [5.74, 6) is -2.38. The highest BCUT2D eigenvalue weighted by Gasteiger charge is 2.49. The van der Waals surface area contributed by atoms with Crippen molar-refractivity contribution in [3.05, 3.63) is 35.4 Å². The van der Waals surface area contributed by atoms with Gasteiger partial charge in [-0.05, 0) is 31.7 Å². The van der Waals surface area contributed by atoms with Crippen LogP contribution in [0.4, 0.5) is 0 Å². The first kappa shape index (κ1) is 19.4. The van der Waals surface area contributed by atoms with E-state index in [0.717, 1.165) is 17.4 Å². The Hall–Kier alpha value is -1.89. The van der Waals surface area contributed by atoms with Gasteiger partial charge in [0.15, 0.2) is 9.84 Å². The smallest absolute Gasteiger partial charge is 0.308 e. The number of aliphatic carboxylic acids is 1. The van der Waals surface area contributed by atoms with Crippen LogP contribution in [0.5, 0.6) is 0 Å². The number of aryl methyl sites for hydroxylation is 1. The summed E-state index contributed by atoms with van der Waals surface area (Å²) in [6.45, 7) is 1.84. The Labute approximate surface area is 148 Å². The van der Waals surface area contributed by atoms with Gasteiger partial charge in [-0.3, -0.25) is 9.59 Å². The SMILES string of the molecule is Cc1cccc(CC(CNC(=O)C2(S(C)(=O)=O)CCCC2)C(=O)O)c1. The summed E-state index contributed by atoms with van der Waals surface area (Å²) < 4.78 is 22.9. The van der Waals surface area contributed by atoms with Crippen LogP contribution in [0.1, 0.15) is 36.8 Å². The van der Waals surface area contributed by atoms with E-state index >= 15 is 0 Å². The number of benzene rings is 1. The van der Waals surface area contributed by atoms with Crippen molar-refractivity contribution >= 4 is 21.7 Å². The van der Waals surface area contributed by atoms with Crippen molar-refractivity contribution in [2.45, 2.75) is 43.8 Å². The molecular formula is C18H25NO5S. The molecule has 0 aliphatic heterocycles. The van der Waals surface area contributed by atoms with Crippen LogP contribution in [0.2, 0.25) is 0 Å². The van der Waals surface area contributed by atoms with Gasteiger partial charge in [-0.15, -0.1) is 0 Å². The van der Waals surface area contributed by atoms with Crippen molar-refractivity contribution in [3.8, 4) is 0 Å². The molecule has 0 aromatic heterocycles. The number of hydrogen-bond donors (Lipinski definition) is 2. The zero-order valence-corrected chi connectivity index (χ0v) is 15.4. The highest BCUT2D eigenvalue weighted by molar-refractivity contribution is 7.92. The first-order valence-electron chi connectivity index (χ1n) is 8.42. The molecule has 0 radical (unpaired) electrons. The maximum Gasteiger partial charge on any atom is 0.308 e. The van der Waals surface area contributed by atoms with Crippen molar-refractivity contribution in [2.24, 2.45) is 5.92 Å². The van der Waals surface area contributed by atoms with E-state index in [1.165, 1.54) is 0 Å². The maximum atomic E-state index is 12.6. The van der Waals surface area contributed by atoms with E-state index in [4.69, 9.17) is 0 Å². The number of carboxylic acid groups (broad SMARTS) is 1. The first-order valence-corrected chi connectivity index (χ1v) is 10.3. The summed E-state index contributed by atoms with van der Waals surface area (Å²) in [5, 5.41) is 12.0. The van der Waals surface area contributed by atoms with Crippen LogP contribution < -0.4 is 5.32 Å². The van der Waals surface area contributed by atoms with E-state index in [1.807, 2.05) is 31.2 Å². The molecule has 2 rings (SSSR count). The second-order valence-corrected chi connectivity index (χ2v) is 9.24. The van der Waals surface area contributed by atoms with Crippen molar-refractivity contribution in [2.75, 3.05) is 12.8 Å². The van der Waals surface area contributed by atoms with Crippen molar-refractivity contribution in [3.63, 3.8) is 0 Å². The van der Waals surface area contributed by atoms with Crippen molar-refractivity contribution in [1.82, 2.24) is 5.32 Å². The molecule has 0 heterocycles. The molecule has 1 unspecified atom stereocenters. The minimum absolute atomic E-state index is 0.0839. The molecule has 138 valence electrons. The molecule has 1 aromatic rings. The van der Waals surface area contributed by atoms with E-state index in [0.29, 0.717) is 25.7 Å². The molecular weight excluding hydrogens is 342 g/mol. The van der Waals surface area contributed by atoms with Gasteiger partial charge in [0.05, 0.1) is 5.92 Å². The average molecular weight is 367 g/mol. The van der Waals surface area contributed by atoms with Crippen LogP contribution in [-0.2, 0) is 25.8 Å². The summed E-state index contributed by atoms with van der Waals surface area (Å²) in [6.07, 6.45) is 3.33. The van der Waals surface area contributed by atoms with Crippen LogP contribution in [0.15, 0.2) is 24.3 Å². The number of hydrogen-bond acceptors (Lipinski definition) is 4. The summed E-state index contributed by atoms with van der Waals surface area (Å²) in [6, 6.07) is 7.54. The van der Waals surface area contributed by atoms with Crippen molar-refractivity contribution < 1.29 is 23.1 Å². The third-order valence-electron chi connectivity index (χ3n) is 4.96. The number of rotatable bonds is 7. The Morgan fingerprint density at radius 2 is 1.92 bits per heavy atom. The highest BCUT2D eigenvalue weighted by atomic mass is 32.2. The minimum atomic E-state index is -3.56. The second kappa shape index (κ2) is 7.56. The quantitative estimate of drug-likeness (QED) is 0.764. The Balaban J connectivity index is 2.08. The lowest BCUT2D eigenvalue weighted by Crippen LogP contribution is -2.51. The first-order chi connectivity index (χ1) is 11.7. The van der Waals surface area contributed by atoms with Gasteiger partial charge >= 0.3 is 5.97 Å². The van der Waals surface area contributed by atoms with Gasteiger partial charge in [-0.2, -0.15) is 0 Å². The zero-order valence-electron chi connectivity index (χ0n) is 14.6. The summed E-state index contributed by atoms with van der Waals surface area (Å²) >= 11 is 0. The van der Waals surface area contributed by atoms with Gasteiger partial charge < -0.3 is 10.4 Å². The van der Waals surface area contributed by atoms with Gasteiger partial charge in [0, 0.05) is 12.8 Å². The number of carbonyl (C=O) groups excluding carboxylic acids is 1. The molecule has 1 saturated carbocycles. The average Bonchev–Trinajstić information content (AvgIpc) is 3.01. The molecule has 25 heavy (non-hydrogen) atoms. The Morgan fingerprint density at radius 3 is 2.44 bits per heavy atom. The van der Waals surface area contributed by atoms with Crippen LogP contribution in [-0.4, -0.2) is 42.9 Å². The normalized spacial score (nSPS) is 17.8. The summed E-state index contributed by atoms with van der Waals surface area (Å²) in [7, 11) is -3.56. The number of nitrogens with one attached hydrogen (secondary N) is 1. The van der Waals surface area contributed by atoms with Gasteiger partial charge in [-0.25, -0.2) is 8.42 Å². The molecule has 0 bridgehead atoms. The lowest BCUT2D eigenvalue weighted by molar-refractivity contribution is -0.141. The van der Waals surface area contributed by atoms with E-state index in [2.05, 4.69) is 5.32 Å². The summed E-state index contributed by atoms with van der Waals surface area (Å²) in [5.41, 5.74) is 1.91. The van der Waals surface area contributed by atoms with E-state index in [1.54, 1.807) is 0 Å². The fourth-order valence-electron chi connectivity index (χ4n) is 3.46. The van der Waals surface area contributed by atoms with E-state index in [9.17, 15) is 23.1 Å². The molecule has 1 fully saturated rings. The summed E-state index contributed by atoms with van der Waals surface area (Å²) in [4.78, 5) is 24.1. The predicted molar refractivity (Wildman–Crippen MR) is 95.1 cm³/mol. The third kappa shape index (κ3) is 4.39. The zero-order chi connectivity index (χ0) is 18.7. The number of carbonyl (C=O) groups is 2. The van der Waals surface area contributed by atoms with Crippen LogP contribution in [0.25, 0.3) is 0 Å². The van der Waals surface area contributed by atoms with Gasteiger partial charge in [-0.1, -0.05) is 42.7 Å². The monoisotopic (exact) mass is 367 g/mol. The fourth-order valence-corrected chi connectivity index (χ4v) is 4.90. The Bertz CT molecular complexity index is 750. The molecule has 7 heteroatoms. The minimum Gasteiger partial charge on any atom is -0.481 e. The van der Waals surface area contributed by atoms with Crippen LogP contribution in [0, 0.1) is 12.8 Å². The van der Waals surface area contributed by atoms with Gasteiger partial charge in [0.2, 0.25) is 5.91 Å². The number of carboxylic acids is 1. The van der Waals surface area contributed by atoms with Gasteiger partial charge in [0.25, 0.3) is 0 Å². The standard InChI is InChI=1S/C18H25NO5S/c1-13-6-5-7-14(10-13)11-15(16(20)21)12-19-17(22)18(25(2,23)24)8-3-4-9-18/h5-7,10,15H,3-4,8-9,11-12H2,1-2H3,(H,19,22)(H,20,21). The van der Waals surface area contributed by atoms with E-state index < -0.39 is 32.4 Å². The topological polar surface area (TPSA) is 101 Å². The molecule has 0 saturated heterocycles. The van der Waals surface area contributed by atoms with E-state index in [-0.39, 0.29) is 13.0 Å². The van der Waals surface area contributed by atoms with Crippen molar-refractivity contribution in [1.29, 1.82) is 0 Å². The number of amides is 1.